The fraction of sp³-hybridized carbons (Fsp3) is 0.594. The van der Waals surface area contributed by atoms with Crippen LogP contribution in [0.3, 0.4) is 0 Å². The van der Waals surface area contributed by atoms with Gasteiger partial charge in [-0.05, 0) is 81.7 Å². The number of H-pyrrole nitrogens is 1. The van der Waals surface area contributed by atoms with Gasteiger partial charge in [-0.1, -0.05) is 0 Å². The molecule has 0 unspecified atom stereocenters. The topological polar surface area (TPSA) is 89.6 Å². The van der Waals surface area contributed by atoms with Gasteiger partial charge in [-0.2, -0.15) is 5.10 Å². The summed E-state index contributed by atoms with van der Waals surface area (Å²) in [5.41, 5.74) is 2.94. The number of rotatable bonds is 7. The molecule has 4 fully saturated rings. The lowest BCUT2D eigenvalue weighted by Crippen LogP contribution is -2.49. The van der Waals surface area contributed by atoms with Gasteiger partial charge in [0.1, 0.15) is 22.9 Å². The SMILES string of the molecule is CC1(Oc2ccc3[nH]nc(-c4ccnc(N5CCC(C(=O)N6CCC(CN7CCNCC7)CC6)CC5)c4)c3c2)CC1. The molecule has 3 aliphatic heterocycles. The summed E-state index contributed by atoms with van der Waals surface area (Å²) in [4.78, 5) is 25.2. The van der Waals surface area contributed by atoms with Crippen LogP contribution in [0.1, 0.15) is 45.4 Å². The predicted octanol–water partition coefficient (Wildman–Crippen LogP) is 3.92. The maximum atomic E-state index is 13.4. The monoisotopic (exact) mass is 557 g/mol. The van der Waals surface area contributed by atoms with Crippen molar-refractivity contribution in [3.05, 3.63) is 36.5 Å². The number of anilines is 1. The summed E-state index contributed by atoms with van der Waals surface area (Å²) in [5, 5.41) is 12.3. The van der Waals surface area contributed by atoms with E-state index in [4.69, 9.17) is 9.72 Å². The van der Waals surface area contributed by atoms with Crippen LogP contribution in [-0.4, -0.2) is 95.4 Å². The molecule has 218 valence electrons. The molecule has 1 aliphatic carbocycles. The highest BCUT2D eigenvalue weighted by Crippen LogP contribution is 2.41. The molecule has 0 bridgehead atoms. The first-order valence-corrected chi connectivity index (χ1v) is 15.6. The first-order valence-electron chi connectivity index (χ1n) is 15.6. The zero-order valence-electron chi connectivity index (χ0n) is 24.3. The van der Waals surface area contributed by atoms with Gasteiger partial charge in [0, 0.05) is 82.0 Å². The van der Waals surface area contributed by atoms with E-state index in [1.807, 2.05) is 24.4 Å². The number of carbonyl (C=O) groups is 1. The Kier molecular flexibility index (Phi) is 7.33. The van der Waals surface area contributed by atoms with Gasteiger partial charge in [0.15, 0.2) is 0 Å². The average molecular weight is 558 g/mol. The molecule has 9 nitrogen and oxygen atoms in total. The number of aromatic amines is 1. The van der Waals surface area contributed by atoms with Crippen LogP contribution < -0.4 is 15.0 Å². The van der Waals surface area contributed by atoms with Crippen LogP contribution in [0.2, 0.25) is 0 Å². The number of piperazine rings is 1. The Balaban J connectivity index is 0.951. The Labute approximate surface area is 242 Å². The molecule has 9 heteroatoms. The minimum Gasteiger partial charge on any atom is -0.488 e. The van der Waals surface area contributed by atoms with Gasteiger partial charge in [0.25, 0.3) is 0 Å². The van der Waals surface area contributed by atoms with E-state index in [-0.39, 0.29) is 11.5 Å². The van der Waals surface area contributed by atoms with Crippen LogP contribution in [0.15, 0.2) is 36.5 Å². The second kappa shape index (κ2) is 11.2. The molecule has 2 N–H and O–H groups in total. The average Bonchev–Trinajstić information content (AvgIpc) is 3.59. The number of carbonyl (C=O) groups excluding carboxylic acids is 1. The van der Waals surface area contributed by atoms with Gasteiger partial charge in [-0.15, -0.1) is 0 Å². The molecular weight excluding hydrogens is 514 g/mol. The molecule has 5 heterocycles. The van der Waals surface area contributed by atoms with E-state index in [1.165, 1.54) is 6.54 Å². The summed E-state index contributed by atoms with van der Waals surface area (Å²) in [7, 11) is 0. The largest absolute Gasteiger partial charge is 0.488 e. The number of benzene rings is 1. The Morgan fingerprint density at radius 2 is 1.78 bits per heavy atom. The number of piperidine rings is 2. The van der Waals surface area contributed by atoms with Crippen molar-refractivity contribution in [3.63, 3.8) is 0 Å². The highest BCUT2D eigenvalue weighted by atomic mass is 16.5. The molecule has 7 rings (SSSR count). The number of pyridine rings is 1. The summed E-state index contributed by atoms with van der Waals surface area (Å²) in [6.07, 6.45) is 8.13. The van der Waals surface area contributed by atoms with Gasteiger partial charge in [-0.3, -0.25) is 9.89 Å². The van der Waals surface area contributed by atoms with Gasteiger partial charge in [0.2, 0.25) is 5.91 Å². The molecule has 3 aromatic rings. The van der Waals surface area contributed by atoms with Crippen molar-refractivity contribution in [3.8, 4) is 17.0 Å². The fourth-order valence-electron chi connectivity index (χ4n) is 6.79. The second-order valence-corrected chi connectivity index (χ2v) is 12.8. The first kappa shape index (κ1) is 26.7. The predicted molar refractivity (Wildman–Crippen MR) is 161 cm³/mol. The standard InChI is InChI=1S/C32H43N7O2/c1-32(9-10-32)41-26-2-3-28-27(21-26)30(36-35-28)25-4-11-34-29(20-25)38-16-7-24(8-17-38)31(40)39-14-5-23(6-15-39)22-37-18-12-33-13-19-37/h2-4,11,20-21,23-24,33H,5-10,12-19,22H2,1H3,(H,35,36). The van der Waals surface area contributed by atoms with E-state index in [0.717, 1.165) is 131 Å². The van der Waals surface area contributed by atoms with E-state index in [9.17, 15) is 4.79 Å². The van der Waals surface area contributed by atoms with E-state index < -0.39 is 0 Å². The van der Waals surface area contributed by atoms with E-state index in [2.05, 4.69) is 49.3 Å². The smallest absolute Gasteiger partial charge is 0.225 e. The summed E-state index contributed by atoms with van der Waals surface area (Å²) >= 11 is 0. The minimum atomic E-state index is -0.0176. The molecule has 0 spiro atoms. The van der Waals surface area contributed by atoms with Crippen molar-refractivity contribution in [2.75, 3.05) is 63.8 Å². The Hall–Kier alpha value is -3.17. The van der Waals surface area contributed by atoms with Crippen molar-refractivity contribution < 1.29 is 9.53 Å². The zero-order chi connectivity index (χ0) is 27.8. The zero-order valence-corrected chi connectivity index (χ0v) is 24.3. The van der Waals surface area contributed by atoms with Crippen molar-refractivity contribution in [1.82, 2.24) is 30.3 Å². The summed E-state index contributed by atoms with van der Waals surface area (Å²) < 4.78 is 6.21. The van der Waals surface area contributed by atoms with Crippen molar-refractivity contribution in [2.24, 2.45) is 11.8 Å². The molecule has 0 atom stereocenters. The number of nitrogens with zero attached hydrogens (tertiary/aromatic N) is 5. The number of nitrogens with one attached hydrogen (secondary N) is 2. The van der Waals surface area contributed by atoms with Crippen LogP contribution in [0, 0.1) is 11.8 Å². The lowest BCUT2D eigenvalue weighted by molar-refractivity contribution is -0.137. The molecule has 1 amide bonds. The fourth-order valence-corrected chi connectivity index (χ4v) is 6.79. The lowest BCUT2D eigenvalue weighted by atomic mass is 9.91. The van der Waals surface area contributed by atoms with E-state index in [1.54, 1.807) is 0 Å². The minimum absolute atomic E-state index is 0.0176. The first-order chi connectivity index (χ1) is 20.0. The Morgan fingerprint density at radius 1 is 1.00 bits per heavy atom. The number of likely N-dealkylation sites (tertiary alicyclic amines) is 1. The third kappa shape index (κ3) is 5.93. The maximum Gasteiger partial charge on any atom is 0.225 e. The Morgan fingerprint density at radius 3 is 2.54 bits per heavy atom. The van der Waals surface area contributed by atoms with E-state index in [0.29, 0.717) is 5.91 Å². The van der Waals surface area contributed by atoms with Crippen molar-refractivity contribution in [1.29, 1.82) is 0 Å². The summed E-state index contributed by atoms with van der Waals surface area (Å²) in [6.45, 7) is 11.4. The summed E-state index contributed by atoms with van der Waals surface area (Å²) in [5.74, 6) is 3.07. The highest BCUT2D eigenvalue weighted by molar-refractivity contribution is 5.94. The van der Waals surface area contributed by atoms with Gasteiger partial charge in [0.05, 0.1) is 5.52 Å². The van der Waals surface area contributed by atoms with Gasteiger partial charge in [-0.25, -0.2) is 4.98 Å². The van der Waals surface area contributed by atoms with Gasteiger partial charge >= 0.3 is 0 Å². The van der Waals surface area contributed by atoms with Crippen LogP contribution >= 0.6 is 0 Å². The van der Waals surface area contributed by atoms with Crippen molar-refractivity contribution >= 4 is 22.6 Å². The number of hydrogen-bond acceptors (Lipinski definition) is 7. The Bertz CT molecular complexity index is 1360. The molecule has 2 aromatic heterocycles. The number of ether oxygens (including phenoxy) is 1. The number of hydrogen-bond donors (Lipinski definition) is 2. The molecule has 3 saturated heterocycles. The van der Waals surface area contributed by atoms with Crippen molar-refractivity contribution in [2.45, 2.75) is 51.0 Å². The molecular formula is C32H43N7O2. The third-order valence-electron chi connectivity index (χ3n) is 9.69. The third-order valence-corrected chi connectivity index (χ3v) is 9.69. The summed E-state index contributed by atoms with van der Waals surface area (Å²) in [6, 6.07) is 10.3. The molecule has 4 aliphatic rings. The maximum absolute atomic E-state index is 13.4. The van der Waals surface area contributed by atoms with E-state index >= 15 is 0 Å². The molecule has 1 saturated carbocycles. The lowest BCUT2D eigenvalue weighted by Gasteiger charge is -2.39. The highest BCUT2D eigenvalue weighted by Gasteiger charge is 2.40. The molecule has 1 aromatic carbocycles. The molecule has 41 heavy (non-hydrogen) atoms. The molecule has 0 radical (unpaired) electrons. The second-order valence-electron chi connectivity index (χ2n) is 12.8. The van der Waals surface area contributed by atoms with Crippen LogP contribution in [0.5, 0.6) is 5.75 Å². The van der Waals surface area contributed by atoms with Crippen LogP contribution in [-0.2, 0) is 4.79 Å². The number of fused-ring (bicyclic) bond motifs is 1. The van der Waals surface area contributed by atoms with Crippen LogP contribution in [0.4, 0.5) is 5.82 Å². The normalized spacial score (nSPS) is 22.3. The van der Waals surface area contributed by atoms with Gasteiger partial charge < -0.3 is 24.8 Å². The quantitative estimate of drug-likeness (QED) is 0.455. The number of amides is 1. The van der Waals surface area contributed by atoms with Crippen LogP contribution in [0.25, 0.3) is 22.2 Å². The number of aromatic nitrogens is 3.